The van der Waals surface area contributed by atoms with E-state index in [1.165, 1.54) is 367 Å². The molecule has 0 saturated carbocycles. The van der Waals surface area contributed by atoms with E-state index in [1.807, 2.05) is 0 Å². The molecule has 594 valence electrons. The quantitative estimate of drug-likeness (QED) is 0.0264. The molecule has 0 heteroatoms. The standard InChI is InChI=1S/C114H138/c1-9-17-25-37-67-111(68-38-26-18-10-2)103-53-35-33-49-93(103)95-61-55-83(77-105(95)111)85-57-63-97-99-65-59-89(81-109(99)113(107(97)79-85,71-41-29-21-13-5)72-42-30-22-14-6)91-51-45-47-87-76-102-88(75-101(87)91)48-46-52-92(102)90-60-66-100-98-64-58-86(80-108(98)114(110(100)82-90,73-43-31-23-15-7)74-44-32-24-16-8)84-56-62-96-94-50-34-36-54-104(94)112(106(96)78-84,69-39-27-19-11-3)70-40-28-20-12-4/h33-36,45-66,75-82H,9-32,37-44,67-74H2,1-8H3. The summed E-state index contributed by atoms with van der Waals surface area (Å²) in [5.41, 5.74) is 35.3. The first-order valence-corrected chi connectivity index (χ1v) is 47.2. The average molecular weight is 1510 g/mol. The topological polar surface area (TPSA) is 0 Å². The molecule has 0 N–H and O–H groups in total. The van der Waals surface area contributed by atoms with Crippen LogP contribution in [0.5, 0.6) is 0 Å². The van der Waals surface area contributed by atoms with Crippen LogP contribution in [0, 0.1) is 0 Å². The Morgan fingerprint density at radius 1 is 0.158 bits per heavy atom. The summed E-state index contributed by atoms with van der Waals surface area (Å²) in [5, 5.41) is 5.32. The molecule has 0 saturated heterocycles. The van der Waals surface area contributed by atoms with Crippen LogP contribution in [0.1, 0.15) is 357 Å². The Labute approximate surface area is 690 Å². The van der Waals surface area contributed by atoms with Crippen molar-refractivity contribution in [1.29, 1.82) is 0 Å². The molecule has 114 heavy (non-hydrogen) atoms. The maximum absolute atomic E-state index is 2.73. The Hall–Kier alpha value is -8.06. The minimum absolute atomic E-state index is 0.0520. The predicted octanol–water partition coefficient (Wildman–Crippen LogP) is 35.5. The maximum Gasteiger partial charge on any atom is 0.0215 e. The minimum Gasteiger partial charge on any atom is -0.0654 e. The van der Waals surface area contributed by atoms with Crippen molar-refractivity contribution in [1.82, 2.24) is 0 Å². The van der Waals surface area contributed by atoms with Crippen LogP contribution in [0.15, 0.2) is 206 Å². The molecule has 0 radical (unpaired) electrons. The molecule has 11 aromatic rings. The smallest absolute Gasteiger partial charge is 0.0215 e. The lowest BCUT2D eigenvalue weighted by atomic mass is 9.69. The molecule has 0 aliphatic heterocycles. The fourth-order valence-electron chi connectivity index (χ4n) is 23.0. The van der Waals surface area contributed by atoms with Crippen molar-refractivity contribution < 1.29 is 0 Å². The van der Waals surface area contributed by atoms with Gasteiger partial charge in [0.2, 0.25) is 0 Å². The lowest BCUT2D eigenvalue weighted by Crippen LogP contribution is -2.26. The highest BCUT2D eigenvalue weighted by Crippen LogP contribution is 2.61. The van der Waals surface area contributed by atoms with Gasteiger partial charge < -0.3 is 0 Å². The van der Waals surface area contributed by atoms with Gasteiger partial charge in [-0.3, -0.25) is 0 Å². The number of hydrogen-bond donors (Lipinski definition) is 0. The molecule has 0 heterocycles. The summed E-state index contributed by atoms with van der Waals surface area (Å²) in [6.45, 7) is 19.0. The monoisotopic (exact) mass is 1510 g/mol. The van der Waals surface area contributed by atoms with E-state index >= 15 is 0 Å². The van der Waals surface area contributed by atoms with Crippen LogP contribution in [0.25, 0.3) is 111 Å². The summed E-state index contributed by atoms with van der Waals surface area (Å²) in [7, 11) is 0. The van der Waals surface area contributed by atoms with E-state index < -0.39 is 0 Å². The molecular formula is C114H138. The summed E-state index contributed by atoms with van der Waals surface area (Å²) in [6, 6.07) is 85.3. The van der Waals surface area contributed by atoms with Gasteiger partial charge in [0.25, 0.3) is 0 Å². The number of hydrogen-bond acceptors (Lipinski definition) is 0. The Bertz CT molecular complexity index is 4710. The molecule has 0 fully saturated rings. The van der Waals surface area contributed by atoms with Gasteiger partial charge in [0.1, 0.15) is 0 Å². The largest absolute Gasteiger partial charge is 0.0654 e. The van der Waals surface area contributed by atoms with E-state index in [9.17, 15) is 0 Å². The lowest BCUT2D eigenvalue weighted by Gasteiger charge is -2.34. The van der Waals surface area contributed by atoms with Crippen LogP contribution in [0.4, 0.5) is 0 Å². The van der Waals surface area contributed by atoms with E-state index in [4.69, 9.17) is 0 Å². The average Bonchev–Trinajstić information content (AvgIpc) is 1.56. The summed E-state index contributed by atoms with van der Waals surface area (Å²) in [4.78, 5) is 0. The van der Waals surface area contributed by atoms with E-state index in [2.05, 4.69) is 262 Å². The van der Waals surface area contributed by atoms with Gasteiger partial charge in [0.05, 0.1) is 0 Å². The Morgan fingerprint density at radius 3 is 0.605 bits per heavy atom. The third-order valence-corrected chi connectivity index (χ3v) is 29.1. The molecule has 0 unspecified atom stereocenters. The Kier molecular flexibility index (Phi) is 26.7. The fraction of sp³-hybridized carbons (Fsp3) is 0.456. The second-order valence-electron chi connectivity index (χ2n) is 36.4. The normalized spacial score (nSPS) is 14.6. The minimum atomic E-state index is -0.0778. The maximum atomic E-state index is 2.73. The summed E-state index contributed by atoms with van der Waals surface area (Å²) in [5.74, 6) is 0. The van der Waals surface area contributed by atoms with Crippen molar-refractivity contribution in [2.24, 2.45) is 0 Å². The molecule has 0 spiro atoms. The van der Waals surface area contributed by atoms with E-state index in [0.29, 0.717) is 0 Å². The first-order valence-electron chi connectivity index (χ1n) is 47.2. The summed E-state index contributed by atoms with van der Waals surface area (Å²) < 4.78 is 0. The second-order valence-corrected chi connectivity index (χ2v) is 36.4. The lowest BCUT2D eigenvalue weighted by molar-refractivity contribution is 0.401. The van der Waals surface area contributed by atoms with Crippen LogP contribution in [-0.2, 0) is 21.7 Å². The van der Waals surface area contributed by atoms with Crippen LogP contribution >= 0.6 is 0 Å². The van der Waals surface area contributed by atoms with Crippen molar-refractivity contribution in [2.45, 2.75) is 334 Å². The van der Waals surface area contributed by atoms with E-state index in [0.717, 1.165) is 0 Å². The van der Waals surface area contributed by atoms with Crippen molar-refractivity contribution >= 4 is 21.5 Å². The molecule has 0 atom stereocenters. The third kappa shape index (κ3) is 15.8. The summed E-state index contributed by atoms with van der Waals surface area (Å²) >= 11 is 0. The molecule has 4 aliphatic rings. The zero-order valence-corrected chi connectivity index (χ0v) is 71.9. The van der Waals surface area contributed by atoms with Gasteiger partial charge in [0, 0.05) is 21.7 Å². The van der Waals surface area contributed by atoms with Crippen molar-refractivity contribution in [3.8, 4) is 89.0 Å². The van der Waals surface area contributed by atoms with E-state index in [-0.39, 0.29) is 21.7 Å². The molecule has 15 rings (SSSR count). The van der Waals surface area contributed by atoms with Gasteiger partial charge in [0.15, 0.2) is 0 Å². The van der Waals surface area contributed by atoms with Gasteiger partial charge in [-0.25, -0.2) is 0 Å². The Morgan fingerprint density at radius 2 is 0.360 bits per heavy atom. The van der Waals surface area contributed by atoms with Gasteiger partial charge >= 0.3 is 0 Å². The molecule has 4 aliphatic carbocycles. The highest BCUT2D eigenvalue weighted by Gasteiger charge is 2.47. The highest BCUT2D eigenvalue weighted by molar-refractivity contribution is 6.09. The predicted molar refractivity (Wildman–Crippen MR) is 498 cm³/mol. The van der Waals surface area contributed by atoms with Crippen molar-refractivity contribution in [3.63, 3.8) is 0 Å². The van der Waals surface area contributed by atoms with Crippen molar-refractivity contribution in [3.05, 3.63) is 251 Å². The van der Waals surface area contributed by atoms with E-state index in [1.54, 1.807) is 44.5 Å². The fourth-order valence-corrected chi connectivity index (χ4v) is 23.0. The van der Waals surface area contributed by atoms with Crippen LogP contribution in [0.2, 0.25) is 0 Å². The van der Waals surface area contributed by atoms with Gasteiger partial charge in [-0.1, -0.05) is 419 Å². The zero-order chi connectivity index (χ0) is 78.5. The molecule has 0 amide bonds. The number of benzene rings is 11. The molecule has 0 nitrogen and oxygen atoms in total. The third-order valence-electron chi connectivity index (χ3n) is 29.1. The first-order chi connectivity index (χ1) is 56.2. The van der Waals surface area contributed by atoms with Crippen LogP contribution < -0.4 is 0 Å². The number of fused-ring (bicyclic) bond motifs is 14. The van der Waals surface area contributed by atoms with Crippen molar-refractivity contribution in [2.75, 3.05) is 0 Å². The highest BCUT2D eigenvalue weighted by atomic mass is 14.5. The Balaban J connectivity index is 0.802. The SMILES string of the molecule is CCCCCCC1(CCCCCC)c2ccccc2-c2ccc(-c3ccc4c(c3)C(CCCCCC)(CCCCCC)c3cc(-c5cccc6cc7c(-c8ccc9c(c8)C(CCCCCC)(CCCCCC)c8cc(-c%10ccc%11c(c%10)C(CCCCCC)(CCCCCC)c%10ccccc%10-%11)ccc8-9)cccc7cc56)ccc3-4)cc21. The number of unbranched alkanes of at least 4 members (excludes halogenated alkanes) is 24. The van der Waals surface area contributed by atoms with Crippen LogP contribution in [-0.4, -0.2) is 0 Å². The molecule has 0 bridgehead atoms. The molecular weight excluding hydrogens is 1370 g/mol. The van der Waals surface area contributed by atoms with Crippen LogP contribution in [0.3, 0.4) is 0 Å². The molecule has 0 aromatic heterocycles. The van der Waals surface area contributed by atoms with Gasteiger partial charge in [-0.15, -0.1) is 0 Å². The second kappa shape index (κ2) is 37.5. The zero-order valence-electron chi connectivity index (χ0n) is 71.9. The van der Waals surface area contributed by atoms with Gasteiger partial charge in [-0.2, -0.15) is 0 Å². The number of rotatable bonds is 44. The summed E-state index contributed by atoms with van der Waals surface area (Å²) in [6.07, 6.45) is 50.7. The van der Waals surface area contributed by atoms with Gasteiger partial charge in [-0.05, 0) is 255 Å². The first kappa shape index (κ1) is 81.1. The molecule has 11 aromatic carbocycles.